The fraction of sp³-hybridized carbons (Fsp3) is 0.150. The van der Waals surface area contributed by atoms with E-state index in [1.165, 1.54) is 6.20 Å². The van der Waals surface area contributed by atoms with Crippen molar-refractivity contribution in [3.63, 3.8) is 0 Å². The molecule has 0 spiro atoms. The summed E-state index contributed by atoms with van der Waals surface area (Å²) in [5.74, 6) is 0.274. The second-order valence-electron chi connectivity index (χ2n) is 5.68. The summed E-state index contributed by atoms with van der Waals surface area (Å²) in [5, 5.41) is 12.4. The van der Waals surface area contributed by atoms with Crippen molar-refractivity contribution in [2.75, 3.05) is 6.61 Å². The van der Waals surface area contributed by atoms with E-state index in [0.29, 0.717) is 17.1 Å². The average Bonchev–Trinajstić information content (AvgIpc) is 2.67. The van der Waals surface area contributed by atoms with Crippen LogP contribution in [0.5, 0.6) is 0 Å². The first-order valence-corrected chi connectivity index (χ1v) is 8.05. The van der Waals surface area contributed by atoms with Gasteiger partial charge in [0.25, 0.3) is 5.91 Å². The maximum atomic E-state index is 12.6. The molecule has 1 heterocycles. The van der Waals surface area contributed by atoms with Crippen LogP contribution in [-0.2, 0) is 0 Å². The predicted octanol–water partition coefficient (Wildman–Crippen LogP) is 2.92. The molecule has 1 atom stereocenters. The SMILES string of the molecule is Cc1nc(-c2ccccc2)ncc1C(=O)NC(CO)c1ccccc1. The predicted molar refractivity (Wildman–Crippen MR) is 95.9 cm³/mol. The molecule has 0 aliphatic carbocycles. The Hall–Kier alpha value is -3.05. The molecule has 0 radical (unpaired) electrons. The number of amides is 1. The normalized spacial score (nSPS) is 11.8. The van der Waals surface area contributed by atoms with Crippen LogP contribution in [0.1, 0.15) is 27.7 Å². The van der Waals surface area contributed by atoms with E-state index in [1.807, 2.05) is 60.7 Å². The quantitative estimate of drug-likeness (QED) is 0.753. The molecule has 2 N–H and O–H groups in total. The number of nitrogens with zero attached hydrogens (tertiary/aromatic N) is 2. The number of rotatable bonds is 5. The zero-order valence-electron chi connectivity index (χ0n) is 13.9. The van der Waals surface area contributed by atoms with Crippen molar-refractivity contribution in [1.82, 2.24) is 15.3 Å². The Kier molecular flexibility index (Phi) is 5.16. The highest BCUT2D eigenvalue weighted by Gasteiger charge is 2.17. The Bertz CT molecular complexity index is 851. The maximum absolute atomic E-state index is 12.6. The highest BCUT2D eigenvalue weighted by molar-refractivity contribution is 5.95. The Labute approximate surface area is 146 Å². The van der Waals surface area contributed by atoms with Gasteiger partial charge in [-0.2, -0.15) is 0 Å². The summed E-state index contributed by atoms with van der Waals surface area (Å²) in [5.41, 5.74) is 2.73. The molecule has 3 rings (SSSR count). The van der Waals surface area contributed by atoms with Crippen LogP contribution in [0.25, 0.3) is 11.4 Å². The van der Waals surface area contributed by atoms with E-state index in [0.717, 1.165) is 11.1 Å². The Morgan fingerprint density at radius 3 is 2.32 bits per heavy atom. The zero-order valence-corrected chi connectivity index (χ0v) is 13.9. The summed E-state index contributed by atoms with van der Waals surface area (Å²) in [6, 6.07) is 18.5. The number of aliphatic hydroxyl groups excluding tert-OH is 1. The van der Waals surface area contributed by atoms with Crippen molar-refractivity contribution in [3.8, 4) is 11.4 Å². The topological polar surface area (TPSA) is 75.1 Å². The van der Waals surface area contributed by atoms with E-state index >= 15 is 0 Å². The second-order valence-corrected chi connectivity index (χ2v) is 5.68. The first-order valence-electron chi connectivity index (χ1n) is 8.05. The first-order chi connectivity index (χ1) is 12.2. The molecule has 1 unspecified atom stereocenters. The van der Waals surface area contributed by atoms with Crippen molar-refractivity contribution >= 4 is 5.91 Å². The van der Waals surface area contributed by atoms with Gasteiger partial charge in [-0.25, -0.2) is 9.97 Å². The molecule has 126 valence electrons. The molecule has 5 heteroatoms. The van der Waals surface area contributed by atoms with Gasteiger partial charge in [0.1, 0.15) is 0 Å². The van der Waals surface area contributed by atoms with Crippen LogP contribution in [0.15, 0.2) is 66.9 Å². The third-order valence-electron chi connectivity index (χ3n) is 3.95. The van der Waals surface area contributed by atoms with Crippen LogP contribution in [0.3, 0.4) is 0 Å². The molecular weight excluding hydrogens is 314 g/mol. The number of aliphatic hydroxyl groups is 1. The van der Waals surface area contributed by atoms with Crippen molar-refractivity contribution in [2.24, 2.45) is 0 Å². The molecule has 0 aliphatic heterocycles. The van der Waals surface area contributed by atoms with Crippen LogP contribution in [0, 0.1) is 6.92 Å². The largest absolute Gasteiger partial charge is 0.394 e. The molecular formula is C20H19N3O2. The van der Waals surface area contributed by atoms with Gasteiger partial charge in [0, 0.05) is 11.8 Å². The van der Waals surface area contributed by atoms with E-state index in [1.54, 1.807) is 6.92 Å². The van der Waals surface area contributed by atoms with E-state index < -0.39 is 6.04 Å². The lowest BCUT2D eigenvalue weighted by Crippen LogP contribution is -2.31. The molecule has 0 fully saturated rings. The van der Waals surface area contributed by atoms with Crippen molar-refractivity contribution in [1.29, 1.82) is 0 Å². The Morgan fingerprint density at radius 2 is 1.72 bits per heavy atom. The van der Waals surface area contributed by atoms with Crippen LogP contribution in [0.4, 0.5) is 0 Å². The van der Waals surface area contributed by atoms with Crippen molar-refractivity contribution in [2.45, 2.75) is 13.0 Å². The minimum Gasteiger partial charge on any atom is -0.394 e. The first kappa shape index (κ1) is 16.8. The number of carbonyl (C=O) groups is 1. The molecule has 3 aromatic rings. The van der Waals surface area contributed by atoms with Crippen LogP contribution >= 0.6 is 0 Å². The van der Waals surface area contributed by atoms with Gasteiger partial charge in [0.15, 0.2) is 5.82 Å². The monoisotopic (exact) mass is 333 g/mol. The summed E-state index contributed by atoms with van der Waals surface area (Å²) in [6.07, 6.45) is 1.53. The molecule has 2 aromatic carbocycles. The molecule has 1 amide bonds. The summed E-state index contributed by atoms with van der Waals surface area (Å²) in [6.45, 7) is 1.59. The summed E-state index contributed by atoms with van der Waals surface area (Å²) in [7, 11) is 0. The number of aromatic nitrogens is 2. The molecule has 5 nitrogen and oxygen atoms in total. The lowest BCUT2D eigenvalue weighted by atomic mass is 10.1. The van der Waals surface area contributed by atoms with Crippen molar-refractivity contribution in [3.05, 3.63) is 83.7 Å². The van der Waals surface area contributed by atoms with Gasteiger partial charge in [-0.15, -0.1) is 0 Å². The molecule has 1 aromatic heterocycles. The number of nitrogens with one attached hydrogen (secondary N) is 1. The Morgan fingerprint density at radius 1 is 1.08 bits per heavy atom. The number of carbonyl (C=O) groups excluding carboxylic acids is 1. The minimum absolute atomic E-state index is 0.183. The third-order valence-corrected chi connectivity index (χ3v) is 3.95. The maximum Gasteiger partial charge on any atom is 0.255 e. The van der Waals surface area contributed by atoms with E-state index in [-0.39, 0.29) is 12.5 Å². The van der Waals surface area contributed by atoms with Gasteiger partial charge in [0.2, 0.25) is 0 Å². The fourth-order valence-corrected chi connectivity index (χ4v) is 2.57. The second kappa shape index (κ2) is 7.68. The van der Waals surface area contributed by atoms with Gasteiger partial charge < -0.3 is 10.4 Å². The highest BCUT2D eigenvalue weighted by Crippen LogP contribution is 2.17. The molecule has 0 aliphatic rings. The lowest BCUT2D eigenvalue weighted by molar-refractivity contribution is 0.0914. The third kappa shape index (κ3) is 3.89. The molecule has 0 saturated heterocycles. The van der Waals surface area contributed by atoms with Gasteiger partial charge in [-0.1, -0.05) is 60.7 Å². The molecule has 0 saturated carbocycles. The van der Waals surface area contributed by atoms with Gasteiger partial charge in [-0.3, -0.25) is 4.79 Å². The highest BCUT2D eigenvalue weighted by atomic mass is 16.3. The number of hydrogen-bond acceptors (Lipinski definition) is 4. The Balaban J connectivity index is 1.80. The number of aryl methyl sites for hydroxylation is 1. The number of benzene rings is 2. The average molecular weight is 333 g/mol. The van der Waals surface area contributed by atoms with Crippen LogP contribution < -0.4 is 5.32 Å². The van der Waals surface area contributed by atoms with E-state index in [2.05, 4.69) is 15.3 Å². The smallest absolute Gasteiger partial charge is 0.255 e. The molecule has 25 heavy (non-hydrogen) atoms. The van der Waals surface area contributed by atoms with E-state index in [4.69, 9.17) is 0 Å². The lowest BCUT2D eigenvalue weighted by Gasteiger charge is -2.17. The standard InChI is InChI=1S/C20H19N3O2/c1-14-17(12-21-19(22-14)16-10-6-3-7-11-16)20(25)23-18(13-24)15-8-4-2-5-9-15/h2-12,18,24H,13H2,1H3,(H,23,25). The zero-order chi connectivity index (χ0) is 17.6. The molecule has 0 bridgehead atoms. The van der Waals surface area contributed by atoms with E-state index in [9.17, 15) is 9.90 Å². The number of hydrogen-bond donors (Lipinski definition) is 2. The summed E-state index contributed by atoms with van der Waals surface area (Å²) in [4.78, 5) is 21.3. The fourth-order valence-electron chi connectivity index (χ4n) is 2.57. The van der Waals surface area contributed by atoms with Gasteiger partial charge >= 0.3 is 0 Å². The summed E-state index contributed by atoms with van der Waals surface area (Å²) < 4.78 is 0. The van der Waals surface area contributed by atoms with Gasteiger partial charge in [-0.05, 0) is 12.5 Å². The minimum atomic E-state index is -0.470. The van der Waals surface area contributed by atoms with Crippen molar-refractivity contribution < 1.29 is 9.90 Å². The van der Waals surface area contributed by atoms with Crippen LogP contribution in [0.2, 0.25) is 0 Å². The van der Waals surface area contributed by atoms with Crippen LogP contribution in [-0.4, -0.2) is 27.6 Å². The summed E-state index contributed by atoms with van der Waals surface area (Å²) >= 11 is 0. The van der Waals surface area contributed by atoms with Gasteiger partial charge in [0.05, 0.1) is 23.9 Å².